The van der Waals surface area contributed by atoms with Gasteiger partial charge in [-0.15, -0.1) is 0 Å². The fourth-order valence-electron chi connectivity index (χ4n) is 12.2. The second-order valence-corrected chi connectivity index (χ2v) is 33.0. The Labute approximate surface area is 624 Å². The maximum atomic E-state index is 13.1. The van der Waals surface area contributed by atoms with Crippen molar-refractivity contribution in [2.45, 2.75) is 426 Å². The van der Waals surface area contributed by atoms with E-state index in [9.17, 15) is 43.2 Å². The summed E-state index contributed by atoms with van der Waals surface area (Å²) < 4.78 is 68.7. The van der Waals surface area contributed by atoms with Crippen molar-refractivity contribution in [2.24, 2.45) is 17.8 Å². The van der Waals surface area contributed by atoms with Crippen molar-refractivity contribution in [1.82, 2.24) is 0 Å². The number of carbonyl (C=O) groups excluding carboxylic acids is 4. The molecule has 602 valence electrons. The van der Waals surface area contributed by atoms with Crippen LogP contribution in [-0.4, -0.2) is 96.7 Å². The summed E-state index contributed by atoms with van der Waals surface area (Å²) in [5, 5.41) is 10.6. The molecule has 0 radical (unpaired) electrons. The first-order valence-electron chi connectivity index (χ1n) is 42.2. The van der Waals surface area contributed by atoms with Gasteiger partial charge < -0.3 is 33.8 Å². The van der Waals surface area contributed by atoms with Crippen molar-refractivity contribution in [2.75, 3.05) is 39.6 Å². The van der Waals surface area contributed by atoms with Crippen LogP contribution in [0, 0.1) is 17.8 Å². The quantitative estimate of drug-likeness (QED) is 0.0169. The summed E-state index contributed by atoms with van der Waals surface area (Å²) in [6.07, 6.45) is 64.6. The minimum atomic E-state index is -4.97. The van der Waals surface area contributed by atoms with Gasteiger partial charge in [0.15, 0.2) is 12.2 Å². The standard InChI is InChI=1S/C83H158O17P2/c1-8-11-12-13-14-15-16-17-22-26-29-35-43-50-57-64-80(85)93-70-78(99-82(87)66-59-52-45-36-30-27-24-21-19-18-20-23-25-28-34-41-48-55-62-75(6)9-2)72-97-101(89,90)95-68-77(84)69-96-102(91,92)98-73-79(71-94-81(86)65-58-51-44-39-38-42-49-56-63-76(7)10-3)100-83(88)67-60-53-46-37-32-31-33-40-47-54-61-74(4)5/h15-17,22,74-79,84H,8-14,18-21,23-73H2,1-7H3,(H,89,90)(H,91,92)/b16-15-,22-17-/t75?,76?,77-,78-,79-/m1/s1. The van der Waals surface area contributed by atoms with Crippen LogP contribution >= 0.6 is 15.6 Å². The van der Waals surface area contributed by atoms with E-state index in [-0.39, 0.29) is 25.7 Å². The third-order valence-corrected chi connectivity index (χ3v) is 21.4. The first kappa shape index (κ1) is 99.5. The molecule has 0 aliphatic carbocycles. The Morgan fingerprint density at radius 3 is 0.873 bits per heavy atom. The lowest BCUT2D eigenvalue weighted by Crippen LogP contribution is -2.30. The summed E-state index contributed by atoms with van der Waals surface area (Å²) in [5.74, 6) is 0.256. The number of carbonyl (C=O) groups is 4. The topological polar surface area (TPSA) is 237 Å². The van der Waals surface area contributed by atoms with E-state index in [0.717, 1.165) is 127 Å². The number of hydrogen-bond donors (Lipinski definition) is 3. The van der Waals surface area contributed by atoms with Gasteiger partial charge in [-0.25, -0.2) is 9.13 Å². The van der Waals surface area contributed by atoms with Gasteiger partial charge in [0.05, 0.1) is 26.4 Å². The van der Waals surface area contributed by atoms with Crippen molar-refractivity contribution in [3.63, 3.8) is 0 Å². The van der Waals surface area contributed by atoms with Gasteiger partial charge in [0.25, 0.3) is 0 Å². The van der Waals surface area contributed by atoms with Crippen LogP contribution < -0.4 is 0 Å². The van der Waals surface area contributed by atoms with Crippen LogP contribution in [0.4, 0.5) is 0 Å². The zero-order valence-electron chi connectivity index (χ0n) is 66.6. The van der Waals surface area contributed by atoms with E-state index in [4.69, 9.17) is 37.0 Å². The number of phosphoric acid groups is 2. The number of allylic oxidation sites excluding steroid dienone is 4. The van der Waals surface area contributed by atoms with Crippen molar-refractivity contribution in [1.29, 1.82) is 0 Å². The Morgan fingerprint density at radius 2 is 0.578 bits per heavy atom. The van der Waals surface area contributed by atoms with Gasteiger partial charge in [0, 0.05) is 25.7 Å². The molecule has 0 saturated heterocycles. The number of esters is 4. The van der Waals surface area contributed by atoms with Gasteiger partial charge in [0.2, 0.25) is 0 Å². The Kier molecular flexibility index (Phi) is 71.0. The van der Waals surface area contributed by atoms with Crippen LogP contribution in [0.25, 0.3) is 0 Å². The summed E-state index contributed by atoms with van der Waals surface area (Å²) in [6, 6.07) is 0. The highest BCUT2D eigenvalue weighted by Crippen LogP contribution is 2.45. The van der Waals surface area contributed by atoms with E-state index in [1.54, 1.807) is 0 Å². The number of aliphatic hydroxyl groups is 1. The maximum Gasteiger partial charge on any atom is 0.472 e. The number of hydrogen-bond acceptors (Lipinski definition) is 15. The molecule has 0 aliphatic rings. The highest BCUT2D eigenvalue weighted by Gasteiger charge is 2.30. The Balaban J connectivity index is 5.27. The largest absolute Gasteiger partial charge is 0.472 e. The van der Waals surface area contributed by atoms with Crippen LogP contribution in [0.2, 0.25) is 0 Å². The molecule has 0 spiro atoms. The average molecular weight is 1490 g/mol. The summed E-state index contributed by atoms with van der Waals surface area (Å²) in [7, 11) is -9.94. The number of phosphoric ester groups is 2. The van der Waals surface area contributed by atoms with Crippen LogP contribution in [0.15, 0.2) is 24.3 Å². The van der Waals surface area contributed by atoms with Gasteiger partial charge in [-0.3, -0.25) is 37.3 Å². The van der Waals surface area contributed by atoms with Gasteiger partial charge in [-0.1, -0.05) is 355 Å². The highest BCUT2D eigenvalue weighted by molar-refractivity contribution is 7.47. The fraction of sp³-hybridized carbons (Fsp3) is 0.904. The van der Waals surface area contributed by atoms with E-state index in [0.29, 0.717) is 25.7 Å². The van der Waals surface area contributed by atoms with Crippen molar-refractivity contribution in [3.05, 3.63) is 24.3 Å². The van der Waals surface area contributed by atoms with Gasteiger partial charge in [0.1, 0.15) is 19.3 Å². The lowest BCUT2D eigenvalue weighted by molar-refractivity contribution is -0.161. The Morgan fingerprint density at radius 1 is 0.324 bits per heavy atom. The predicted octanol–water partition coefficient (Wildman–Crippen LogP) is 24.5. The van der Waals surface area contributed by atoms with Gasteiger partial charge >= 0.3 is 39.5 Å². The predicted molar refractivity (Wildman–Crippen MR) is 418 cm³/mol. The molecule has 0 bridgehead atoms. The minimum absolute atomic E-state index is 0.101. The number of unbranched alkanes of at least 4 members (excludes halogenated alkanes) is 42. The SMILES string of the molecule is CCCCCC/C=C\C=C/CCCCCCCC(=O)OC[C@H](COP(=O)(O)OC[C@@H](O)COP(=O)(O)OC[C@@H](COC(=O)CCCCCCCCCCC(C)CC)OC(=O)CCCCCCCCCCCCC(C)C)OC(=O)CCCCCCCCCCCCCCCCCCCCC(C)CC. The van der Waals surface area contributed by atoms with E-state index in [1.165, 1.54) is 199 Å². The first-order valence-corrected chi connectivity index (χ1v) is 45.2. The lowest BCUT2D eigenvalue weighted by Gasteiger charge is -2.21. The molecule has 17 nitrogen and oxygen atoms in total. The second kappa shape index (κ2) is 72.7. The molecule has 0 heterocycles. The molecule has 0 aromatic rings. The highest BCUT2D eigenvalue weighted by atomic mass is 31.2. The van der Waals surface area contributed by atoms with Crippen molar-refractivity contribution >= 4 is 39.5 Å². The fourth-order valence-corrected chi connectivity index (χ4v) is 13.8. The average Bonchev–Trinajstić information content (AvgIpc) is 0.919. The molecule has 0 aromatic heterocycles. The summed E-state index contributed by atoms with van der Waals surface area (Å²) in [4.78, 5) is 73.1. The van der Waals surface area contributed by atoms with E-state index >= 15 is 0 Å². The smallest absolute Gasteiger partial charge is 0.462 e. The molecule has 0 aliphatic heterocycles. The molecule has 0 fully saturated rings. The van der Waals surface area contributed by atoms with Crippen molar-refractivity contribution in [3.8, 4) is 0 Å². The van der Waals surface area contributed by atoms with Gasteiger partial charge in [-0.2, -0.15) is 0 Å². The molecule has 0 aromatic carbocycles. The van der Waals surface area contributed by atoms with Gasteiger partial charge in [-0.05, 0) is 69.1 Å². The van der Waals surface area contributed by atoms with E-state index < -0.39 is 97.5 Å². The molecule has 0 saturated carbocycles. The zero-order chi connectivity index (χ0) is 75.1. The Hall–Kier alpha value is -2.46. The number of ether oxygens (including phenoxy) is 4. The lowest BCUT2D eigenvalue weighted by atomic mass is 9.99. The normalized spacial score (nSPS) is 14.6. The summed E-state index contributed by atoms with van der Waals surface area (Å²) >= 11 is 0. The van der Waals surface area contributed by atoms with Crippen LogP contribution in [-0.2, 0) is 65.4 Å². The molecule has 102 heavy (non-hydrogen) atoms. The van der Waals surface area contributed by atoms with E-state index in [2.05, 4.69) is 72.8 Å². The number of aliphatic hydroxyl groups excluding tert-OH is 1. The third-order valence-electron chi connectivity index (χ3n) is 19.5. The van der Waals surface area contributed by atoms with Crippen LogP contribution in [0.1, 0.15) is 408 Å². The van der Waals surface area contributed by atoms with Crippen LogP contribution in [0.5, 0.6) is 0 Å². The molecule has 19 heteroatoms. The third kappa shape index (κ3) is 73.1. The summed E-state index contributed by atoms with van der Waals surface area (Å²) in [6.45, 7) is 11.9. The molecule has 3 N–H and O–H groups in total. The number of rotatable bonds is 79. The minimum Gasteiger partial charge on any atom is -0.462 e. The molecule has 7 atom stereocenters. The first-order chi connectivity index (χ1) is 49.3. The zero-order valence-corrected chi connectivity index (χ0v) is 68.4. The van der Waals surface area contributed by atoms with Crippen LogP contribution in [0.3, 0.4) is 0 Å². The maximum absolute atomic E-state index is 13.1. The molecule has 0 rings (SSSR count). The molecule has 0 amide bonds. The second-order valence-electron chi connectivity index (χ2n) is 30.1. The molecule has 4 unspecified atom stereocenters. The van der Waals surface area contributed by atoms with E-state index in [1.807, 2.05) is 0 Å². The monoisotopic (exact) mass is 1490 g/mol. The Bertz CT molecular complexity index is 2070. The molecular formula is C83H158O17P2. The summed E-state index contributed by atoms with van der Waals surface area (Å²) in [5.41, 5.74) is 0. The molecular weight excluding hydrogens is 1330 g/mol. The van der Waals surface area contributed by atoms with Crippen molar-refractivity contribution < 1.29 is 80.2 Å².